The molecule has 1 N–H and O–H groups in total. The van der Waals surface area contributed by atoms with Crippen LogP contribution in [0.2, 0.25) is 0 Å². The Kier molecular flexibility index (Phi) is 5.45. The second-order valence-electron chi connectivity index (χ2n) is 6.75. The van der Waals surface area contributed by atoms with Crippen LogP contribution in [0.3, 0.4) is 0 Å². The highest BCUT2D eigenvalue weighted by molar-refractivity contribution is 7.89. The van der Waals surface area contributed by atoms with Crippen LogP contribution in [-0.4, -0.2) is 26.3 Å². The van der Waals surface area contributed by atoms with Crippen molar-refractivity contribution in [3.63, 3.8) is 0 Å². The van der Waals surface area contributed by atoms with Gasteiger partial charge in [-0.05, 0) is 36.1 Å². The number of nitrogens with one attached hydrogen (secondary N) is 1. The first kappa shape index (κ1) is 18.6. The van der Waals surface area contributed by atoms with Crippen LogP contribution in [0.25, 0.3) is 0 Å². The van der Waals surface area contributed by atoms with Gasteiger partial charge in [0, 0.05) is 18.9 Å². The first-order valence-corrected chi connectivity index (χ1v) is 9.60. The first-order valence-electron chi connectivity index (χ1n) is 8.11. The highest BCUT2D eigenvalue weighted by atomic mass is 32.2. The molecule has 1 fully saturated rings. The predicted octanol–water partition coefficient (Wildman–Crippen LogP) is 2.30. The molecule has 1 saturated heterocycles. The highest BCUT2D eigenvalue weighted by Crippen LogP contribution is 2.24. The van der Waals surface area contributed by atoms with Crippen molar-refractivity contribution in [2.24, 2.45) is 11.8 Å². The van der Waals surface area contributed by atoms with Crippen molar-refractivity contribution in [1.82, 2.24) is 4.72 Å². The third-order valence-electron chi connectivity index (χ3n) is 4.18. The monoisotopic (exact) mass is 352 g/mol. The molecule has 0 aliphatic carbocycles. The molecule has 132 valence electrons. The predicted molar refractivity (Wildman–Crippen MR) is 92.0 cm³/mol. The van der Waals surface area contributed by atoms with Gasteiger partial charge in [-0.1, -0.05) is 27.7 Å². The Hall–Kier alpha value is -1.73. The minimum Gasteiger partial charge on any atom is -0.274 e. The summed E-state index contributed by atoms with van der Waals surface area (Å²) in [7, 11) is -3.66. The van der Waals surface area contributed by atoms with E-state index in [1.165, 1.54) is 24.3 Å². The van der Waals surface area contributed by atoms with Crippen LogP contribution in [0.15, 0.2) is 29.2 Å². The number of nitrogens with zero attached hydrogens (tertiary/aromatic N) is 1. The van der Waals surface area contributed by atoms with Crippen molar-refractivity contribution >= 4 is 27.5 Å². The first-order chi connectivity index (χ1) is 11.1. The number of amides is 2. The summed E-state index contributed by atoms with van der Waals surface area (Å²) in [6.07, 6.45) is 0.399. The van der Waals surface area contributed by atoms with Crippen molar-refractivity contribution in [1.29, 1.82) is 0 Å². The van der Waals surface area contributed by atoms with E-state index in [2.05, 4.69) is 4.72 Å². The number of sulfonamides is 1. The molecule has 1 aromatic rings. The topological polar surface area (TPSA) is 83.6 Å². The molecule has 0 atom stereocenters. The Morgan fingerprint density at radius 2 is 1.38 bits per heavy atom. The number of hydrogen-bond acceptors (Lipinski definition) is 4. The minimum absolute atomic E-state index is 0.122. The van der Waals surface area contributed by atoms with Gasteiger partial charge in [-0.3, -0.25) is 14.5 Å². The Bertz CT molecular complexity index is 699. The van der Waals surface area contributed by atoms with Crippen molar-refractivity contribution in [2.75, 3.05) is 4.90 Å². The van der Waals surface area contributed by atoms with Crippen LogP contribution in [0.1, 0.15) is 40.5 Å². The lowest BCUT2D eigenvalue weighted by Gasteiger charge is -2.26. The number of benzene rings is 1. The SMILES string of the molecule is CC(C)C(NS(=O)(=O)c1ccc(N2C(=O)CCC2=O)cc1)C(C)C. The summed E-state index contributed by atoms with van der Waals surface area (Å²) in [5.41, 5.74) is 0.408. The maximum atomic E-state index is 12.6. The summed E-state index contributed by atoms with van der Waals surface area (Å²) in [5.74, 6) is -0.181. The molecule has 0 aromatic heterocycles. The van der Waals surface area contributed by atoms with Crippen molar-refractivity contribution < 1.29 is 18.0 Å². The zero-order valence-electron chi connectivity index (χ0n) is 14.4. The van der Waals surface area contributed by atoms with Crippen LogP contribution in [-0.2, 0) is 19.6 Å². The summed E-state index contributed by atoms with van der Waals surface area (Å²) < 4.78 is 27.8. The Morgan fingerprint density at radius 1 is 0.917 bits per heavy atom. The fraction of sp³-hybridized carbons (Fsp3) is 0.529. The summed E-state index contributed by atoms with van der Waals surface area (Å²) in [4.78, 5) is 24.7. The van der Waals surface area contributed by atoms with Crippen LogP contribution in [0.5, 0.6) is 0 Å². The van der Waals surface area contributed by atoms with Gasteiger partial charge in [0.15, 0.2) is 0 Å². The normalized spacial score (nSPS) is 16.0. The number of hydrogen-bond donors (Lipinski definition) is 1. The molecule has 1 heterocycles. The van der Waals surface area contributed by atoms with Crippen LogP contribution in [0.4, 0.5) is 5.69 Å². The Labute approximate surface area is 143 Å². The van der Waals surface area contributed by atoms with Gasteiger partial charge in [-0.25, -0.2) is 13.1 Å². The standard InChI is InChI=1S/C17H24N2O4S/c1-11(2)17(12(3)4)18-24(22,23)14-7-5-13(6-8-14)19-15(20)9-10-16(19)21/h5-8,11-12,17-18H,9-10H2,1-4H3. The van der Waals surface area contributed by atoms with Crippen molar-refractivity contribution in [3.8, 4) is 0 Å². The summed E-state index contributed by atoms with van der Waals surface area (Å²) >= 11 is 0. The summed E-state index contributed by atoms with van der Waals surface area (Å²) in [6, 6.07) is 5.67. The van der Waals surface area contributed by atoms with Crippen LogP contribution >= 0.6 is 0 Å². The van der Waals surface area contributed by atoms with E-state index in [-0.39, 0.29) is 47.4 Å². The van der Waals surface area contributed by atoms with Crippen molar-refractivity contribution in [3.05, 3.63) is 24.3 Å². The molecule has 0 spiro atoms. The van der Waals surface area contributed by atoms with Gasteiger partial charge in [-0.2, -0.15) is 0 Å². The molecule has 1 aliphatic heterocycles. The van der Waals surface area contributed by atoms with Gasteiger partial charge in [0.25, 0.3) is 0 Å². The average Bonchev–Trinajstić information content (AvgIpc) is 2.83. The maximum absolute atomic E-state index is 12.6. The van der Waals surface area contributed by atoms with Crippen LogP contribution in [0, 0.1) is 11.8 Å². The van der Waals surface area contributed by atoms with Gasteiger partial charge in [-0.15, -0.1) is 0 Å². The van der Waals surface area contributed by atoms with E-state index >= 15 is 0 Å². The zero-order valence-corrected chi connectivity index (χ0v) is 15.3. The molecule has 0 radical (unpaired) electrons. The Balaban J connectivity index is 2.23. The van der Waals surface area contributed by atoms with E-state index in [1.807, 2.05) is 27.7 Å². The smallest absolute Gasteiger partial charge is 0.240 e. The molecule has 0 unspecified atom stereocenters. The van der Waals surface area contributed by atoms with Gasteiger partial charge in [0.1, 0.15) is 0 Å². The van der Waals surface area contributed by atoms with Gasteiger partial charge in [0.2, 0.25) is 21.8 Å². The molecule has 0 saturated carbocycles. The number of carbonyl (C=O) groups excluding carboxylic acids is 2. The van der Waals surface area contributed by atoms with E-state index < -0.39 is 10.0 Å². The van der Waals surface area contributed by atoms with Gasteiger partial charge >= 0.3 is 0 Å². The third-order valence-corrected chi connectivity index (χ3v) is 5.66. The van der Waals surface area contributed by atoms with Gasteiger partial charge < -0.3 is 0 Å². The number of imide groups is 1. The molecular formula is C17H24N2O4S. The quantitative estimate of drug-likeness (QED) is 0.796. The third kappa shape index (κ3) is 3.84. The molecule has 1 aromatic carbocycles. The summed E-state index contributed by atoms with van der Waals surface area (Å²) in [6.45, 7) is 7.89. The Morgan fingerprint density at radius 3 is 1.79 bits per heavy atom. The molecule has 7 heteroatoms. The second-order valence-corrected chi connectivity index (χ2v) is 8.47. The minimum atomic E-state index is -3.66. The number of anilines is 1. The lowest BCUT2D eigenvalue weighted by atomic mass is 9.94. The largest absolute Gasteiger partial charge is 0.274 e. The molecular weight excluding hydrogens is 328 g/mol. The van der Waals surface area contributed by atoms with E-state index in [1.54, 1.807) is 0 Å². The summed E-state index contributed by atoms with van der Waals surface area (Å²) in [5, 5.41) is 0. The fourth-order valence-corrected chi connectivity index (χ4v) is 4.46. The van der Waals surface area contributed by atoms with E-state index in [0.29, 0.717) is 5.69 Å². The highest BCUT2D eigenvalue weighted by Gasteiger charge is 2.31. The fourth-order valence-electron chi connectivity index (χ4n) is 2.93. The molecule has 1 aliphatic rings. The van der Waals surface area contributed by atoms with E-state index in [9.17, 15) is 18.0 Å². The zero-order chi connectivity index (χ0) is 18.1. The van der Waals surface area contributed by atoms with E-state index in [0.717, 1.165) is 4.90 Å². The van der Waals surface area contributed by atoms with Crippen LogP contribution < -0.4 is 9.62 Å². The molecule has 6 nitrogen and oxygen atoms in total. The number of carbonyl (C=O) groups is 2. The van der Waals surface area contributed by atoms with E-state index in [4.69, 9.17) is 0 Å². The second kappa shape index (κ2) is 7.03. The van der Waals surface area contributed by atoms with Gasteiger partial charge in [0.05, 0.1) is 10.6 Å². The average molecular weight is 352 g/mol. The maximum Gasteiger partial charge on any atom is 0.240 e. The molecule has 2 amide bonds. The lowest BCUT2D eigenvalue weighted by molar-refractivity contribution is -0.121. The molecule has 2 rings (SSSR count). The molecule has 0 bridgehead atoms. The lowest BCUT2D eigenvalue weighted by Crippen LogP contribution is -2.42. The van der Waals surface area contributed by atoms with Crippen molar-refractivity contribution in [2.45, 2.75) is 51.5 Å². The molecule has 24 heavy (non-hydrogen) atoms. The number of rotatable bonds is 6.